The van der Waals surface area contributed by atoms with E-state index in [-0.39, 0.29) is 91.0 Å². The van der Waals surface area contributed by atoms with Crippen LogP contribution in [0.5, 0.6) is 23.0 Å². The van der Waals surface area contributed by atoms with E-state index in [1.165, 1.54) is 128 Å². The normalized spacial score (nSPS) is 13.3. The molecule has 0 spiro atoms. The molecule has 2 N–H and O–H groups in total. The van der Waals surface area contributed by atoms with Crippen LogP contribution in [0.4, 0.5) is 46.8 Å². The second-order valence-electron chi connectivity index (χ2n) is 20.1. The molecule has 1 saturated heterocycles. The Morgan fingerprint density at radius 2 is 1.00 bits per heavy atom. The predicted octanol–water partition coefficient (Wildman–Crippen LogP) is 11.9. The van der Waals surface area contributed by atoms with Gasteiger partial charge in [-0.1, -0.05) is 10.3 Å². The maximum Gasteiger partial charge on any atom is 0.495 e. The molecule has 1 fully saturated rings. The first-order valence-corrected chi connectivity index (χ1v) is 29.7. The Hall–Kier alpha value is -8.38. The zero-order chi connectivity index (χ0) is 65.2. The molecule has 1 aliphatic rings. The van der Waals surface area contributed by atoms with Crippen molar-refractivity contribution in [2.45, 2.75) is 61.9 Å². The first-order chi connectivity index (χ1) is 42.5. The molecule has 0 radical (unpaired) electrons. The molecule has 20 nitrogen and oxygen atoms in total. The van der Waals surface area contributed by atoms with Crippen LogP contribution < -0.4 is 45.0 Å². The molecule has 2 atom stereocenters. The lowest BCUT2D eigenvalue weighted by Gasteiger charge is -2.32. The van der Waals surface area contributed by atoms with Crippen molar-refractivity contribution in [3.63, 3.8) is 0 Å². The van der Waals surface area contributed by atoms with E-state index in [1.54, 1.807) is 0 Å². The summed E-state index contributed by atoms with van der Waals surface area (Å²) in [5.74, 6) is -3.65. The van der Waals surface area contributed by atoms with Crippen molar-refractivity contribution in [3.05, 3.63) is 194 Å². The quantitative estimate of drug-likeness (QED) is 0.0519. The Bertz CT molecular complexity index is 4680. The van der Waals surface area contributed by atoms with E-state index in [2.05, 4.69) is 54.2 Å². The molecule has 6 aromatic carbocycles. The highest BCUT2D eigenvalue weighted by Crippen LogP contribution is 2.39. The van der Waals surface area contributed by atoms with Crippen molar-refractivity contribution in [2.24, 2.45) is 0 Å². The van der Waals surface area contributed by atoms with E-state index in [0.717, 1.165) is 41.0 Å². The number of pyridine rings is 2. The van der Waals surface area contributed by atoms with Gasteiger partial charge in [-0.2, -0.15) is 37.4 Å². The number of hydrogen-bond acceptors (Lipinski definition) is 16. The maximum absolute atomic E-state index is 15.4. The predicted molar refractivity (Wildman–Crippen MR) is 337 cm³/mol. The van der Waals surface area contributed by atoms with E-state index >= 15 is 4.39 Å². The van der Waals surface area contributed by atoms with Gasteiger partial charge < -0.3 is 37.3 Å². The molecule has 1 aliphatic heterocycles. The molecular formula is C58H52BBrF8N6O14P2S2. The monoisotopic (exact) mass is 1420 g/mol. The van der Waals surface area contributed by atoms with Crippen LogP contribution in [0, 0.1) is 23.3 Å². The van der Waals surface area contributed by atoms with Gasteiger partial charge in [0, 0.05) is 64.9 Å². The summed E-state index contributed by atoms with van der Waals surface area (Å²) < 4.78 is 205. The Balaban J connectivity index is 0.000000205. The van der Waals surface area contributed by atoms with Crippen LogP contribution in [0.15, 0.2) is 179 Å². The summed E-state index contributed by atoms with van der Waals surface area (Å²) in [5.41, 5.74) is -1.48. The molecule has 486 valence electrons. The number of nitrogens with one attached hydrogen (secondary N) is 2. The summed E-state index contributed by atoms with van der Waals surface area (Å²) in [6, 6.07) is 26.9. The maximum atomic E-state index is 15.4. The third-order valence-electron chi connectivity index (χ3n) is 13.7. The SMILES string of the molecule is CC1(C)OB(c2cc(F)cc(OC(F)F)c2)OC1(C)C.COc1cc(-c2cc(F)cc(OC(F)F)c2)c(F)cc1-n1c(=O)ccc2cc(S(=O)(=O)Nc3ccon3)ccc21.COc1cc(Br)c(F)cc1-n1c(=O)ccc2cc(S(=O)(=O)Nc3ccon3)ccc21.P.P. The fourth-order valence-electron chi connectivity index (χ4n) is 8.92. The fourth-order valence-corrected chi connectivity index (χ4v) is 11.3. The van der Waals surface area contributed by atoms with E-state index in [9.17, 15) is 57.2 Å². The van der Waals surface area contributed by atoms with Crippen LogP contribution in [0.2, 0.25) is 0 Å². The average Bonchev–Trinajstić information content (AvgIpc) is 1.04. The average molecular weight is 1430 g/mol. The minimum absolute atomic E-state index is 0. The fraction of sp³-hybridized carbons (Fsp3) is 0.172. The highest BCUT2D eigenvalue weighted by Gasteiger charge is 2.52. The van der Waals surface area contributed by atoms with Gasteiger partial charge >= 0.3 is 20.3 Å². The lowest BCUT2D eigenvalue weighted by molar-refractivity contribution is -0.0506. The Kier molecular flexibility index (Phi) is 22.1. The van der Waals surface area contributed by atoms with Gasteiger partial charge in [-0.15, -0.1) is 0 Å². The van der Waals surface area contributed by atoms with Crippen LogP contribution in [0.1, 0.15) is 27.7 Å². The van der Waals surface area contributed by atoms with Crippen LogP contribution in [-0.4, -0.2) is 82.0 Å². The lowest BCUT2D eigenvalue weighted by atomic mass is 9.79. The van der Waals surface area contributed by atoms with Gasteiger partial charge in [-0.3, -0.25) is 28.2 Å². The second kappa shape index (κ2) is 28.6. The molecule has 5 heterocycles. The van der Waals surface area contributed by atoms with Crippen molar-refractivity contribution in [1.82, 2.24) is 19.4 Å². The molecule has 4 aromatic heterocycles. The van der Waals surface area contributed by atoms with E-state index in [0.29, 0.717) is 21.8 Å². The van der Waals surface area contributed by atoms with Crippen LogP contribution >= 0.6 is 35.7 Å². The summed E-state index contributed by atoms with van der Waals surface area (Å²) >= 11 is 3.09. The molecule has 0 bridgehead atoms. The molecule has 0 amide bonds. The molecule has 11 rings (SSSR count). The zero-order valence-corrected chi connectivity index (χ0v) is 54.8. The number of methoxy groups -OCH3 is 2. The third kappa shape index (κ3) is 15.9. The topological polar surface area (TPSA) is 244 Å². The number of rotatable bonds is 16. The van der Waals surface area contributed by atoms with Crippen molar-refractivity contribution in [2.75, 3.05) is 23.7 Å². The van der Waals surface area contributed by atoms with Gasteiger partial charge in [-0.05, 0) is 140 Å². The number of nitrogens with zero attached hydrogens (tertiary/aromatic N) is 4. The highest BCUT2D eigenvalue weighted by molar-refractivity contribution is 9.10. The number of sulfonamides is 2. The second-order valence-corrected chi connectivity index (χ2v) is 24.3. The van der Waals surface area contributed by atoms with E-state index in [1.807, 2.05) is 27.7 Å². The van der Waals surface area contributed by atoms with Crippen molar-refractivity contribution < 1.29 is 89.3 Å². The number of anilines is 2. The van der Waals surface area contributed by atoms with Crippen LogP contribution in [0.3, 0.4) is 0 Å². The summed E-state index contributed by atoms with van der Waals surface area (Å²) in [5, 5.41) is 7.80. The summed E-state index contributed by atoms with van der Waals surface area (Å²) in [7, 11) is -6.17. The summed E-state index contributed by atoms with van der Waals surface area (Å²) in [6.07, 6.45) is 2.43. The smallest absolute Gasteiger partial charge is 0.495 e. The van der Waals surface area contributed by atoms with Crippen LogP contribution in [-0.2, 0) is 29.4 Å². The molecule has 10 aromatic rings. The minimum atomic E-state index is -4.07. The van der Waals surface area contributed by atoms with E-state index < -0.39 is 91.7 Å². The first kappa shape index (κ1) is 71.1. The molecule has 0 aliphatic carbocycles. The highest BCUT2D eigenvalue weighted by atomic mass is 79.9. The molecule has 2 unspecified atom stereocenters. The van der Waals surface area contributed by atoms with Gasteiger partial charge in [0.05, 0.1) is 62.1 Å². The number of ether oxygens (including phenoxy) is 4. The number of benzene rings is 6. The van der Waals surface area contributed by atoms with Crippen molar-refractivity contribution in [1.29, 1.82) is 0 Å². The third-order valence-corrected chi connectivity index (χ3v) is 17.0. The van der Waals surface area contributed by atoms with Crippen LogP contribution in [0.25, 0.3) is 44.3 Å². The molecule has 34 heteroatoms. The first-order valence-electron chi connectivity index (χ1n) is 25.9. The molecule has 0 saturated carbocycles. The van der Waals surface area contributed by atoms with Crippen molar-refractivity contribution >= 4 is 102 Å². The van der Waals surface area contributed by atoms with Gasteiger partial charge in [0.1, 0.15) is 58.8 Å². The number of halogens is 9. The van der Waals surface area contributed by atoms with Gasteiger partial charge in [0.25, 0.3) is 31.2 Å². The lowest BCUT2D eigenvalue weighted by Crippen LogP contribution is -2.41. The minimum Gasteiger partial charge on any atom is -0.495 e. The number of aromatic nitrogens is 4. The van der Waals surface area contributed by atoms with Crippen molar-refractivity contribution in [3.8, 4) is 45.5 Å². The summed E-state index contributed by atoms with van der Waals surface area (Å²) in [6.45, 7) is 1.17. The Labute approximate surface area is 533 Å². The summed E-state index contributed by atoms with van der Waals surface area (Å²) in [4.78, 5) is 25.4. The zero-order valence-electron chi connectivity index (χ0n) is 48.7. The number of hydrogen-bond donors (Lipinski definition) is 2. The standard InChI is InChI=1S/C26H17F4N3O6S.C19H13BrFN3O5S.C13H16BF3O3.2H3P/c1-37-23-12-19(15-8-16(27)11-17(9-15)39-26(29)30)20(28)13-22(23)33-21-4-3-18(10-14(21)2-5-25(33)34)40(35,36)32-24-6-7-38-31-24;1-28-17-9-13(20)14(21)10-16(17)24-15-4-3-12(8-11(15)2-5-19(24)25)30(26,27)23-18-6-7-29-22-18;1-12(2)13(3,4)20-14(19-12)8-5-9(15)7-10(6-8)18-11(16)17;;/h2-13,26H,1H3,(H,31,32);2-10H,1H3,(H,22,23);5-7,11H,1-4H3;2*1H3. The Morgan fingerprint density at radius 3 is 1.45 bits per heavy atom. The van der Waals surface area contributed by atoms with Gasteiger partial charge in [0.15, 0.2) is 11.6 Å². The van der Waals surface area contributed by atoms with Gasteiger partial charge in [0.2, 0.25) is 0 Å². The number of fused-ring (bicyclic) bond motifs is 2. The number of alkyl halides is 4. The Morgan fingerprint density at radius 1 is 0.554 bits per heavy atom. The van der Waals surface area contributed by atoms with Gasteiger partial charge in [-0.25, -0.2) is 34.4 Å². The largest absolute Gasteiger partial charge is 0.495 e. The van der Waals surface area contributed by atoms with E-state index in [4.69, 9.17) is 18.8 Å². The molecule has 92 heavy (non-hydrogen) atoms. The molecular weight excluding hydrogens is 1370 g/mol.